The van der Waals surface area contributed by atoms with Gasteiger partial charge in [0, 0.05) is 4.47 Å². The van der Waals surface area contributed by atoms with Crippen LogP contribution in [0.25, 0.3) is 0 Å². The van der Waals surface area contributed by atoms with Crippen molar-refractivity contribution in [3.05, 3.63) is 58.3 Å². The van der Waals surface area contributed by atoms with Crippen LogP contribution in [-0.2, 0) is 6.61 Å². The van der Waals surface area contributed by atoms with Crippen LogP contribution in [0, 0.1) is 5.82 Å². The lowest BCUT2D eigenvalue weighted by atomic mass is 10.2. The highest BCUT2D eigenvalue weighted by Crippen LogP contribution is 2.29. The molecule has 0 aromatic heterocycles. The number of ether oxygens (including phenoxy) is 1. The second-order valence-corrected chi connectivity index (χ2v) is 11.9. The van der Waals surface area contributed by atoms with Crippen LogP contribution in [0.15, 0.2) is 46.9 Å². The third-order valence-electron chi connectivity index (χ3n) is 4.85. The minimum absolute atomic E-state index is 0.174. The first kappa shape index (κ1) is 18.2. The molecule has 4 heteroatoms. The number of hydrogen-bond donors (Lipinski definition) is 0. The van der Waals surface area contributed by atoms with Gasteiger partial charge in [-0.15, -0.1) is 0 Å². The van der Waals surface area contributed by atoms with E-state index in [2.05, 4.69) is 36.7 Å². The summed E-state index contributed by atoms with van der Waals surface area (Å²) in [5.41, 5.74) is 1.04. The molecule has 0 aliphatic carbocycles. The summed E-state index contributed by atoms with van der Waals surface area (Å²) in [4.78, 5) is 0. The quantitative estimate of drug-likeness (QED) is 0.532. The lowest BCUT2D eigenvalue weighted by Gasteiger charge is -2.30. The van der Waals surface area contributed by atoms with Crippen molar-refractivity contribution in [2.45, 2.75) is 45.5 Å². The molecule has 0 amide bonds. The van der Waals surface area contributed by atoms with Crippen molar-refractivity contribution in [2.75, 3.05) is 0 Å². The fraction of sp³-hybridized carbons (Fsp3) is 0.368. The van der Waals surface area contributed by atoms with E-state index >= 15 is 4.39 Å². The van der Waals surface area contributed by atoms with Crippen LogP contribution < -0.4 is 9.92 Å². The third-order valence-corrected chi connectivity index (χ3v) is 11.5. The highest BCUT2D eigenvalue weighted by atomic mass is 79.9. The van der Waals surface area contributed by atoms with E-state index in [9.17, 15) is 0 Å². The molecule has 0 atom stereocenters. The van der Waals surface area contributed by atoms with E-state index in [-0.39, 0.29) is 5.82 Å². The fourth-order valence-electron chi connectivity index (χ4n) is 3.15. The molecule has 0 aliphatic rings. The highest BCUT2D eigenvalue weighted by Gasteiger charge is 2.35. The molecule has 0 fully saturated rings. The van der Waals surface area contributed by atoms with Crippen LogP contribution in [0.1, 0.15) is 26.3 Å². The lowest BCUT2D eigenvalue weighted by molar-refractivity contribution is 0.291. The van der Waals surface area contributed by atoms with Crippen molar-refractivity contribution >= 4 is 29.2 Å². The maximum atomic E-state index is 15.2. The predicted octanol–water partition coefficient (Wildman–Crippen LogP) is 5.88. The van der Waals surface area contributed by atoms with Crippen molar-refractivity contribution in [1.29, 1.82) is 0 Å². The SMILES string of the molecule is CC[Si](CC)(CC)c1c(Br)ccc(OCc2ccccc2)c1F. The molecule has 0 spiro atoms. The van der Waals surface area contributed by atoms with E-state index in [1.807, 2.05) is 36.4 Å². The van der Waals surface area contributed by atoms with E-state index in [0.29, 0.717) is 12.4 Å². The van der Waals surface area contributed by atoms with Crippen LogP contribution in [0.3, 0.4) is 0 Å². The predicted molar refractivity (Wildman–Crippen MR) is 102 cm³/mol. The van der Waals surface area contributed by atoms with Crippen molar-refractivity contribution < 1.29 is 9.13 Å². The normalized spacial score (nSPS) is 11.5. The molecule has 1 nitrogen and oxygen atoms in total. The average Bonchev–Trinajstić information content (AvgIpc) is 2.59. The van der Waals surface area contributed by atoms with Gasteiger partial charge in [0.15, 0.2) is 11.6 Å². The fourth-order valence-corrected chi connectivity index (χ4v) is 8.45. The van der Waals surface area contributed by atoms with Gasteiger partial charge in [-0.3, -0.25) is 0 Å². The zero-order valence-electron chi connectivity index (χ0n) is 14.0. The molecule has 0 N–H and O–H groups in total. The largest absolute Gasteiger partial charge is 0.486 e. The highest BCUT2D eigenvalue weighted by molar-refractivity contribution is 9.10. The van der Waals surface area contributed by atoms with Gasteiger partial charge in [0.05, 0.1) is 8.07 Å². The smallest absolute Gasteiger partial charge is 0.165 e. The van der Waals surface area contributed by atoms with Gasteiger partial charge in [-0.2, -0.15) is 0 Å². The Morgan fingerprint density at radius 1 is 0.957 bits per heavy atom. The van der Waals surface area contributed by atoms with E-state index in [1.165, 1.54) is 0 Å². The summed E-state index contributed by atoms with van der Waals surface area (Å²) in [7, 11) is -1.82. The molecule has 0 radical (unpaired) electrons. The number of halogens is 2. The molecule has 124 valence electrons. The maximum Gasteiger partial charge on any atom is 0.165 e. The Labute approximate surface area is 148 Å². The first-order chi connectivity index (χ1) is 11.1. The van der Waals surface area contributed by atoms with Crippen LogP contribution in [0.4, 0.5) is 4.39 Å². The summed E-state index contributed by atoms with van der Waals surface area (Å²) in [5.74, 6) is 0.187. The first-order valence-electron chi connectivity index (χ1n) is 8.23. The molecule has 0 heterocycles. The Morgan fingerprint density at radius 3 is 2.13 bits per heavy atom. The van der Waals surface area contributed by atoms with Crippen molar-refractivity contribution in [3.63, 3.8) is 0 Å². The summed E-state index contributed by atoms with van der Waals surface area (Å²) in [6, 6.07) is 16.6. The molecular formula is C19H24BrFOSi. The maximum absolute atomic E-state index is 15.2. The molecule has 0 saturated carbocycles. The number of rotatable bonds is 7. The van der Waals surface area contributed by atoms with Crippen LogP contribution in [-0.4, -0.2) is 8.07 Å². The molecule has 0 bridgehead atoms. The second kappa shape index (κ2) is 8.11. The van der Waals surface area contributed by atoms with Crippen molar-refractivity contribution in [2.24, 2.45) is 0 Å². The average molecular weight is 395 g/mol. The zero-order valence-corrected chi connectivity index (χ0v) is 16.6. The van der Waals surface area contributed by atoms with Crippen LogP contribution >= 0.6 is 15.9 Å². The topological polar surface area (TPSA) is 9.23 Å². The molecule has 0 unspecified atom stereocenters. The Kier molecular flexibility index (Phi) is 6.42. The Hall–Kier alpha value is -1.13. The summed E-state index contributed by atoms with van der Waals surface area (Å²) >= 11 is 3.57. The van der Waals surface area contributed by atoms with Crippen LogP contribution in [0.5, 0.6) is 5.75 Å². The van der Waals surface area contributed by atoms with Gasteiger partial charge in [0.1, 0.15) is 6.61 Å². The van der Waals surface area contributed by atoms with Gasteiger partial charge in [-0.05, 0) is 22.9 Å². The second-order valence-electron chi connectivity index (χ2n) is 5.85. The van der Waals surface area contributed by atoms with Gasteiger partial charge < -0.3 is 4.74 Å². The monoisotopic (exact) mass is 394 g/mol. The summed E-state index contributed by atoms with van der Waals surface area (Å²) in [6.07, 6.45) is 0. The van der Waals surface area contributed by atoms with Crippen molar-refractivity contribution in [1.82, 2.24) is 0 Å². The summed E-state index contributed by atoms with van der Waals surface area (Å²) < 4.78 is 21.8. The van der Waals surface area contributed by atoms with Gasteiger partial charge in [0.25, 0.3) is 0 Å². The minimum Gasteiger partial charge on any atom is -0.486 e. The molecule has 2 aromatic rings. The van der Waals surface area contributed by atoms with Gasteiger partial charge in [-0.25, -0.2) is 4.39 Å². The van der Waals surface area contributed by atoms with Gasteiger partial charge >= 0.3 is 0 Å². The molecule has 0 aliphatic heterocycles. The zero-order chi connectivity index (χ0) is 16.9. The van der Waals surface area contributed by atoms with Gasteiger partial charge in [0.2, 0.25) is 0 Å². The molecule has 23 heavy (non-hydrogen) atoms. The molecule has 2 rings (SSSR count). The molecule has 0 saturated heterocycles. The molecular weight excluding hydrogens is 371 g/mol. The number of hydrogen-bond acceptors (Lipinski definition) is 1. The third kappa shape index (κ3) is 3.86. The Bertz CT molecular complexity index is 633. The lowest BCUT2D eigenvalue weighted by Crippen LogP contribution is -2.48. The Morgan fingerprint density at radius 2 is 1.57 bits per heavy atom. The van der Waals surface area contributed by atoms with E-state index in [4.69, 9.17) is 4.74 Å². The Balaban J connectivity index is 2.35. The van der Waals surface area contributed by atoms with Crippen LogP contribution in [0.2, 0.25) is 18.1 Å². The van der Waals surface area contributed by atoms with Gasteiger partial charge in [-0.1, -0.05) is 85.2 Å². The first-order valence-corrected chi connectivity index (χ1v) is 11.6. The van der Waals surface area contributed by atoms with E-state index in [1.54, 1.807) is 6.07 Å². The minimum atomic E-state index is -1.82. The standard InChI is InChI=1S/C19H24BrFOSi/c1-4-23(5-2,6-3)19-16(20)12-13-17(18(19)21)22-14-15-10-8-7-9-11-15/h7-13H,4-6,14H2,1-3H3. The molecule has 2 aromatic carbocycles. The summed E-state index contributed by atoms with van der Waals surface area (Å²) in [5, 5.41) is 0.885. The van der Waals surface area contributed by atoms with E-state index in [0.717, 1.165) is 33.4 Å². The van der Waals surface area contributed by atoms with Crippen molar-refractivity contribution in [3.8, 4) is 5.75 Å². The summed E-state index contributed by atoms with van der Waals surface area (Å²) in [6.45, 7) is 6.94. The number of benzene rings is 2. The van der Waals surface area contributed by atoms with E-state index < -0.39 is 8.07 Å².